The second-order valence-corrected chi connectivity index (χ2v) is 14.1. The van der Waals surface area contributed by atoms with E-state index >= 15 is 0 Å². The Morgan fingerprint density at radius 1 is 0.857 bits per heavy atom. The van der Waals surface area contributed by atoms with Crippen molar-refractivity contribution in [2.45, 2.75) is 57.7 Å². The van der Waals surface area contributed by atoms with E-state index in [0.717, 1.165) is 118 Å². The highest BCUT2D eigenvalue weighted by molar-refractivity contribution is 6.10. The van der Waals surface area contributed by atoms with E-state index < -0.39 is 0 Å². The number of piperidine rings is 2. The summed E-state index contributed by atoms with van der Waals surface area (Å²) in [5.41, 5.74) is 4.07. The number of nitriles is 1. The number of fused-ring (bicyclic) bond motifs is 4. The number of ether oxygens (including phenoxy) is 3. The molecule has 11 heteroatoms. The third-order valence-corrected chi connectivity index (χ3v) is 10.9. The van der Waals surface area contributed by atoms with Gasteiger partial charge < -0.3 is 34.0 Å². The van der Waals surface area contributed by atoms with Gasteiger partial charge in [-0.2, -0.15) is 5.26 Å². The molecule has 0 amide bonds. The Hall–Kier alpha value is -3.66. The van der Waals surface area contributed by atoms with Crippen LogP contribution in [0.5, 0.6) is 5.75 Å². The average molecular weight is 670 g/mol. The quantitative estimate of drug-likeness (QED) is 0.318. The molecule has 262 valence electrons. The number of aromatic amines is 1. The van der Waals surface area contributed by atoms with Crippen molar-refractivity contribution in [3.63, 3.8) is 0 Å². The second kappa shape index (κ2) is 15.1. The first-order valence-electron chi connectivity index (χ1n) is 18.2. The van der Waals surface area contributed by atoms with E-state index in [1.165, 1.54) is 25.9 Å². The smallest absolute Gasteiger partial charge is 0.199 e. The number of morpholine rings is 2. The molecule has 11 nitrogen and oxygen atoms in total. The molecule has 6 heterocycles. The van der Waals surface area contributed by atoms with Gasteiger partial charge in [-0.15, -0.1) is 0 Å². The first-order chi connectivity index (χ1) is 24.0. The van der Waals surface area contributed by atoms with Gasteiger partial charge in [0.15, 0.2) is 5.43 Å². The summed E-state index contributed by atoms with van der Waals surface area (Å²) in [6, 6.07) is 13.2. The number of nitrogens with zero attached hydrogens (tertiary/aromatic N) is 5. The van der Waals surface area contributed by atoms with Gasteiger partial charge in [0.05, 0.1) is 67.1 Å². The zero-order valence-electron chi connectivity index (χ0n) is 29.3. The van der Waals surface area contributed by atoms with Crippen molar-refractivity contribution in [1.29, 1.82) is 5.26 Å². The first kappa shape index (κ1) is 33.8. The third-order valence-electron chi connectivity index (χ3n) is 10.9. The molecular weight excluding hydrogens is 618 g/mol. The minimum absolute atomic E-state index is 0.0197. The molecule has 8 rings (SSSR count). The van der Waals surface area contributed by atoms with Crippen molar-refractivity contribution < 1.29 is 14.2 Å². The number of H-pyrrole nitrogens is 1. The number of anilines is 1. The summed E-state index contributed by atoms with van der Waals surface area (Å²) in [6.45, 7) is 16.4. The molecule has 4 saturated heterocycles. The molecule has 49 heavy (non-hydrogen) atoms. The summed E-state index contributed by atoms with van der Waals surface area (Å²) in [7, 11) is 1.68. The van der Waals surface area contributed by atoms with Crippen LogP contribution in [0.2, 0.25) is 0 Å². The summed E-state index contributed by atoms with van der Waals surface area (Å²) < 4.78 is 18.9. The zero-order chi connectivity index (χ0) is 33.9. The first-order valence-corrected chi connectivity index (χ1v) is 18.2. The SMILES string of the molecule is C1CC(N2CCOCC2)CCN1.COc1cc2c(=O)c3c4ccc(C#N)cc4[nH]c3n(C(C)C)c2cc1N1CCC(N2CCOCC2)CC1. The molecule has 0 saturated carbocycles. The van der Waals surface area contributed by atoms with Crippen LogP contribution in [-0.4, -0.2) is 117 Å². The predicted molar refractivity (Wildman–Crippen MR) is 195 cm³/mol. The molecule has 4 aliphatic rings. The van der Waals surface area contributed by atoms with E-state index in [4.69, 9.17) is 14.2 Å². The number of rotatable bonds is 5. The number of hydrogen-bond acceptors (Lipinski definition) is 9. The van der Waals surface area contributed by atoms with E-state index in [0.29, 0.717) is 22.4 Å². The Kier molecular flexibility index (Phi) is 10.4. The summed E-state index contributed by atoms with van der Waals surface area (Å²) >= 11 is 0. The monoisotopic (exact) mass is 669 g/mol. The number of benzene rings is 2. The van der Waals surface area contributed by atoms with Crippen molar-refractivity contribution in [3.8, 4) is 11.8 Å². The predicted octanol–water partition coefficient (Wildman–Crippen LogP) is 4.47. The van der Waals surface area contributed by atoms with Crippen LogP contribution in [0.4, 0.5) is 5.69 Å². The van der Waals surface area contributed by atoms with E-state index in [9.17, 15) is 10.1 Å². The number of nitrogens with one attached hydrogen (secondary N) is 2. The Balaban J connectivity index is 0.000000265. The summed E-state index contributed by atoms with van der Waals surface area (Å²) in [4.78, 5) is 24.9. The largest absolute Gasteiger partial charge is 0.495 e. The molecule has 2 aromatic heterocycles. The molecular formula is C38H51N7O4. The molecule has 0 aliphatic carbocycles. The maximum atomic E-state index is 13.9. The van der Waals surface area contributed by atoms with Crippen molar-refractivity contribution in [2.24, 2.45) is 0 Å². The van der Waals surface area contributed by atoms with Crippen LogP contribution in [-0.2, 0) is 9.47 Å². The van der Waals surface area contributed by atoms with Crippen molar-refractivity contribution in [1.82, 2.24) is 24.7 Å². The van der Waals surface area contributed by atoms with Crippen LogP contribution >= 0.6 is 0 Å². The Morgan fingerprint density at radius 2 is 1.49 bits per heavy atom. The van der Waals surface area contributed by atoms with E-state index in [-0.39, 0.29) is 11.5 Å². The van der Waals surface area contributed by atoms with Crippen LogP contribution in [0.25, 0.3) is 32.8 Å². The summed E-state index contributed by atoms with van der Waals surface area (Å²) in [5, 5.41) is 14.9. The number of hydrogen-bond donors (Lipinski definition) is 2. The zero-order valence-corrected chi connectivity index (χ0v) is 29.3. The van der Waals surface area contributed by atoms with Gasteiger partial charge in [-0.05, 0) is 76.9 Å². The Labute approximate surface area is 288 Å². The van der Waals surface area contributed by atoms with Crippen LogP contribution in [0, 0.1) is 11.3 Å². The molecule has 0 spiro atoms. The van der Waals surface area contributed by atoms with Crippen molar-refractivity contribution in [3.05, 3.63) is 46.1 Å². The second-order valence-electron chi connectivity index (χ2n) is 14.1. The van der Waals surface area contributed by atoms with Gasteiger partial charge in [-0.1, -0.05) is 6.07 Å². The van der Waals surface area contributed by atoms with Crippen LogP contribution in [0.1, 0.15) is 51.1 Å². The lowest BCUT2D eigenvalue weighted by Crippen LogP contribution is -2.49. The van der Waals surface area contributed by atoms with Gasteiger partial charge in [0, 0.05) is 68.3 Å². The van der Waals surface area contributed by atoms with Gasteiger partial charge in [-0.25, -0.2) is 0 Å². The average Bonchev–Trinajstić information content (AvgIpc) is 3.54. The highest BCUT2D eigenvalue weighted by atomic mass is 16.5. The van der Waals surface area contributed by atoms with E-state index in [1.807, 2.05) is 18.2 Å². The lowest BCUT2D eigenvalue weighted by atomic mass is 10.0. The van der Waals surface area contributed by atoms with Gasteiger partial charge in [0.2, 0.25) is 0 Å². The molecule has 0 bridgehead atoms. The van der Waals surface area contributed by atoms with Crippen molar-refractivity contribution >= 4 is 38.5 Å². The fourth-order valence-corrected chi connectivity index (χ4v) is 8.33. The molecule has 0 unspecified atom stereocenters. The fourth-order valence-electron chi connectivity index (χ4n) is 8.33. The molecule has 4 aromatic rings. The molecule has 4 fully saturated rings. The maximum absolute atomic E-state index is 13.9. The van der Waals surface area contributed by atoms with Gasteiger partial charge in [-0.3, -0.25) is 14.6 Å². The molecule has 2 N–H and O–H groups in total. The van der Waals surface area contributed by atoms with Crippen LogP contribution < -0.4 is 20.4 Å². The standard InChI is InChI=1S/C29H33N5O3.C9H18N2O/c1-18(2)34-24-16-25(33-8-6-20(7-9-33)32-10-12-37-13-11-32)26(36-3)15-22(24)28(35)27-21-5-4-19(17-30)14-23(21)31-29(27)34;1-3-10-4-2-9(1)11-5-7-12-8-6-11/h4-5,14-16,18,20,31H,6-13H2,1-3H3;9-10H,1-8H2. The minimum atomic E-state index is -0.0197. The third kappa shape index (κ3) is 6.90. The fraction of sp³-hybridized carbons (Fsp3) is 0.579. The topological polar surface area (TPSA) is 111 Å². The highest BCUT2D eigenvalue weighted by Crippen LogP contribution is 2.37. The molecule has 0 atom stereocenters. The number of methoxy groups -OCH3 is 1. The van der Waals surface area contributed by atoms with Gasteiger partial charge in [0.25, 0.3) is 0 Å². The molecule has 0 radical (unpaired) electrons. The Bertz CT molecular complexity index is 1840. The van der Waals surface area contributed by atoms with Crippen LogP contribution in [0.15, 0.2) is 35.1 Å². The van der Waals surface area contributed by atoms with Gasteiger partial charge in [0.1, 0.15) is 11.4 Å². The summed E-state index contributed by atoms with van der Waals surface area (Å²) in [5.74, 6) is 0.732. The normalized spacial score (nSPS) is 20.5. The minimum Gasteiger partial charge on any atom is -0.495 e. The number of aromatic nitrogens is 2. The lowest BCUT2D eigenvalue weighted by molar-refractivity contribution is 0.0101. The maximum Gasteiger partial charge on any atom is 0.199 e. The molecule has 4 aliphatic heterocycles. The van der Waals surface area contributed by atoms with Crippen molar-refractivity contribution in [2.75, 3.05) is 90.8 Å². The van der Waals surface area contributed by atoms with Gasteiger partial charge >= 0.3 is 0 Å². The molecule has 2 aromatic carbocycles. The Morgan fingerprint density at radius 3 is 2.08 bits per heavy atom. The lowest BCUT2D eigenvalue weighted by Gasteiger charge is -2.41. The summed E-state index contributed by atoms with van der Waals surface area (Å²) in [6.07, 6.45) is 4.83. The number of pyridine rings is 1. The van der Waals surface area contributed by atoms with Crippen LogP contribution in [0.3, 0.4) is 0 Å². The van der Waals surface area contributed by atoms with E-state index in [2.05, 4.69) is 55.6 Å². The highest BCUT2D eigenvalue weighted by Gasteiger charge is 2.28. The van der Waals surface area contributed by atoms with E-state index in [1.54, 1.807) is 13.2 Å².